The van der Waals surface area contributed by atoms with Crippen LogP contribution in [-0.2, 0) is 25.4 Å². The maximum Gasteiger partial charge on any atom is 0.494 e. The number of ether oxygens (including phenoxy) is 3. The molecule has 2 aromatic carbocycles. The highest BCUT2D eigenvalue weighted by Gasteiger charge is 2.52. The molecular weight excluding hydrogens is 473 g/mol. The van der Waals surface area contributed by atoms with Gasteiger partial charge in [0.15, 0.2) is 0 Å². The fourth-order valence-electron chi connectivity index (χ4n) is 4.36. The van der Waals surface area contributed by atoms with Gasteiger partial charge < -0.3 is 28.4 Å². The molecule has 2 heterocycles. The Bertz CT molecular complexity index is 1080. The summed E-state index contributed by atoms with van der Waals surface area (Å²) in [6, 6.07) is 14.9. The Kier molecular flexibility index (Phi) is 8.14. The van der Waals surface area contributed by atoms with E-state index in [9.17, 15) is 9.59 Å². The summed E-state index contributed by atoms with van der Waals surface area (Å²) in [4.78, 5) is 26.5. The molecule has 0 aliphatic carbocycles. The van der Waals surface area contributed by atoms with Crippen LogP contribution in [0.4, 0.5) is 4.79 Å². The van der Waals surface area contributed by atoms with Crippen LogP contribution in [0.3, 0.4) is 0 Å². The van der Waals surface area contributed by atoms with Gasteiger partial charge in [0, 0.05) is 13.1 Å². The highest BCUT2D eigenvalue weighted by Crippen LogP contribution is 2.36. The Morgan fingerprint density at radius 1 is 1.00 bits per heavy atom. The Morgan fingerprint density at radius 3 is 2.27 bits per heavy atom. The molecule has 0 aromatic heterocycles. The molecule has 0 bridgehead atoms. The number of nitrogens with zero attached hydrogens (tertiary/aromatic N) is 1. The lowest BCUT2D eigenvalue weighted by atomic mass is 9.78. The van der Waals surface area contributed by atoms with E-state index in [4.69, 9.17) is 23.5 Å². The highest BCUT2D eigenvalue weighted by molar-refractivity contribution is 6.62. The SMILES string of the molecule is COC(=O)c1cc(OCC2CCN(C(=O)OCc3ccccc3)CC2)cc(B2OC(C)(C)C(C)(C)O2)c1. The van der Waals surface area contributed by atoms with Gasteiger partial charge in [0.05, 0.1) is 30.5 Å². The van der Waals surface area contributed by atoms with Crippen LogP contribution in [0.5, 0.6) is 5.75 Å². The van der Waals surface area contributed by atoms with E-state index in [1.807, 2.05) is 64.1 Å². The molecule has 0 saturated carbocycles. The summed E-state index contributed by atoms with van der Waals surface area (Å²) in [7, 11) is 0.727. The van der Waals surface area contributed by atoms with Crippen molar-refractivity contribution < 1.29 is 33.1 Å². The number of likely N-dealkylation sites (tertiary alicyclic amines) is 1. The number of methoxy groups -OCH3 is 1. The predicted molar refractivity (Wildman–Crippen MR) is 140 cm³/mol. The summed E-state index contributed by atoms with van der Waals surface area (Å²) < 4.78 is 28.9. The molecule has 2 saturated heterocycles. The van der Waals surface area contributed by atoms with Crippen molar-refractivity contribution in [2.45, 2.75) is 58.3 Å². The fraction of sp³-hybridized carbons (Fsp3) is 0.500. The number of esters is 1. The van der Waals surface area contributed by atoms with Gasteiger partial charge in [0.2, 0.25) is 0 Å². The first-order valence-electron chi connectivity index (χ1n) is 12.8. The van der Waals surface area contributed by atoms with Gasteiger partial charge in [-0.15, -0.1) is 0 Å². The number of carbonyl (C=O) groups is 2. The number of rotatable bonds is 7. The average molecular weight is 509 g/mol. The molecule has 0 radical (unpaired) electrons. The zero-order valence-electron chi connectivity index (χ0n) is 22.3. The first-order valence-corrected chi connectivity index (χ1v) is 12.8. The van der Waals surface area contributed by atoms with E-state index in [1.54, 1.807) is 17.0 Å². The lowest BCUT2D eigenvalue weighted by Gasteiger charge is -2.32. The van der Waals surface area contributed by atoms with Crippen LogP contribution in [0.25, 0.3) is 0 Å². The maximum atomic E-state index is 12.4. The molecule has 0 atom stereocenters. The van der Waals surface area contributed by atoms with Crippen LogP contribution in [0.15, 0.2) is 48.5 Å². The third-order valence-electron chi connectivity index (χ3n) is 7.44. The van der Waals surface area contributed by atoms with Gasteiger partial charge in [-0.2, -0.15) is 0 Å². The molecule has 0 N–H and O–H groups in total. The van der Waals surface area contributed by atoms with Crippen molar-refractivity contribution in [3.05, 3.63) is 59.7 Å². The average Bonchev–Trinajstić information content (AvgIpc) is 3.12. The fourth-order valence-corrected chi connectivity index (χ4v) is 4.36. The van der Waals surface area contributed by atoms with Crippen molar-refractivity contribution in [3.8, 4) is 5.75 Å². The van der Waals surface area contributed by atoms with Crippen molar-refractivity contribution in [1.29, 1.82) is 0 Å². The Labute approximate surface area is 219 Å². The van der Waals surface area contributed by atoms with E-state index in [1.165, 1.54) is 7.11 Å². The smallest absolute Gasteiger partial charge is 0.493 e. The summed E-state index contributed by atoms with van der Waals surface area (Å²) >= 11 is 0. The largest absolute Gasteiger partial charge is 0.494 e. The molecule has 0 unspecified atom stereocenters. The standard InChI is InChI=1S/C28H36BNO7/c1-27(2)28(3,4)37-29(36-27)23-15-22(25(31)33-5)16-24(17-23)34-18-21-11-13-30(14-12-21)26(32)35-19-20-9-7-6-8-10-20/h6-10,15-17,21H,11-14,18-19H2,1-5H3. The molecule has 8 nitrogen and oxygen atoms in total. The Hall–Kier alpha value is -3.04. The van der Waals surface area contributed by atoms with Crippen molar-refractivity contribution in [1.82, 2.24) is 4.90 Å². The van der Waals surface area contributed by atoms with Crippen molar-refractivity contribution in [2.24, 2.45) is 5.92 Å². The minimum atomic E-state index is -0.623. The molecular formula is C28H36BNO7. The number of benzene rings is 2. The zero-order chi connectivity index (χ0) is 26.6. The number of carbonyl (C=O) groups excluding carboxylic acids is 2. The second kappa shape index (κ2) is 11.1. The van der Waals surface area contributed by atoms with E-state index >= 15 is 0 Å². The third-order valence-corrected chi connectivity index (χ3v) is 7.44. The number of hydrogen-bond acceptors (Lipinski definition) is 7. The summed E-state index contributed by atoms with van der Waals surface area (Å²) in [6.45, 7) is 9.91. The van der Waals surface area contributed by atoms with Crippen LogP contribution in [0.2, 0.25) is 0 Å². The van der Waals surface area contributed by atoms with Crippen LogP contribution >= 0.6 is 0 Å². The van der Waals surface area contributed by atoms with Crippen molar-refractivity contribution >= 4 is 24.6 Å². The zero-order valence-corrected chi connectivity index (χ0v) is 22.3. The van der Waals surface area contributed by atoms with Crippen LogP contribution in [0.1, 0.15) is 56.5 Å². The lowest BCUT2D eigenvalue weighted by Crippen LogP contribution is -2.41. The summed E-state index contributed by atoms with van der Waals surface area (Å²) in [6.07, 6.45) is 1.32. The summed E-state index contributed by atoms with van der Waals surface area (Å²) in [5, 5.41) is 0. The lowest BCUT2D eigenvalue weighted by molar-refractivity contribution is 0.00578. The number of piperidine rings is 1. The Balaban J connectivity index is 1.33. The van der Waals surface area contributed by atoms with E-state index in [0.29, 0.717) is 36.5 Å². The number of amides is 1. The van der Waals surface area contributed by atoms with Crippen molar-refractivity contribution in [2.75, 3.05) is 26.8 Å². The highest BCUT2D eigenvalue weighted by atomic mass is 16.7. The van der Waals surface area contributed by atoms with Gasteiger partial charge in [-0.3, -0.25) is 0 Å². The van der Waals surface area contributed by atoms with E-state index < -0.39 is 24.3 Å². The van der Waals surface area contributed by atoms with Gasteiger partial charge in [-0.05, 0) is 75.7 Å². The molecule has 2 aromatic rings. The van der Waals surface area contributed by atoms with Gasteiger partial charge in [0.1, 0.15) is 12.4 Å². The molecule has 2 aliphatic rings. The van der Waals surface area contributed by atoms with Crippen LogP contribution < -0.4 is 10.2 Å². The van der Waals surface area contributed by atoms with Gasteiger partial charge in [-0.1, -0.05) is 30.3 Å². The van der Waals surface area contributed by atoms with Crippen molar-refractivity contribution in [3.63, 3.8) is 0 Å². The second-order valence-corrected chi connectivity index (χ2v) is 10.7. The molecule has 198 valence electrons. The molecule has 2 fully saturated rings. The second-order valence-electron chi connectivity index (χ2n) is 10.7. The van der Waals surface area contributed by atoms with Gasteiger partial charge >= 0.3 is 19.2 Å². The molecule has 4 rings (SSSR count). The first-order chi connectivity index (χ1) is 17.6. The van der Waals surface area contributed by atoms with Gasteiger partial charge in [-0.25, -0.2) is 9.59 Å². The van der Waals surface area contributed by atoms with Crippen LogP contribution in [0, 0.1) is 5.92 Å². The first kappa shape index (κ1) is 27.0. The summed E-state index contributed by atoms with van der Waals surface area (Å²) in [5.74, 6) is 0.378. The maximum absolute atomic E-state index is 12.4. The third kappa shape index (κ3) is 6.46. The summed E-state index contributed by atoms with van der Waals surface area (Å²) in [5.41, 5.74) is 1.04. The monoisotopic (exact) mass is 509 g/mol. The quantitative estimate of drug-likeness (QED) is 0.409. The predicted octanol–water partition coefficient (Wildman–Crippen LogP) is 4.20. The van der Waals surface area contributed by atoms with Crippen LogP contribution in [-0.4, -0.2) is 62.1 Å². The topological polar surface area (TPSA) is 83.5 Å². The minimum absolute atomic E-state index is 0.268. The molecule has 37 heavy (non-hydrogen) atoms. The minimum Gasteiger partial charge on any atom is -0.493 e. The molecule has 2 aliphatic heterocycles. The van der Waals surface area contributed by atoms with Gasteiger partial charge in [0.25, 0.3) is 0 Å². The van der Waals surface area contributed by atoms with E-state index in [2.05, 4.69) is 0 Å². The molecule has 0 spiro atoms. The normalized spacial score (nSPS) is 18.9. The Morgan fingerprint density at radius 2 is 1.65 bits per heavy atom. The number of hydrogen-bond donors (Lipinski definition) is 0. The van der Waals surface area contributed by atoms with E-state index in [0.717, 1.165) is 18.4 Å². The van der Waals surface area contributed by atoms with E-state index in [-0.39, 0.29) is 18.6 Å². The molecule has 1 amide bonds. The molecule has 9 heteroatoms.